The Labute approximate surface area is 251 Å². The first kappa shape index (κ1) is 29.4. The Balaban J connectivity index is 1.46. The summed E-state index contributed by atoms with van der Waals surface area (Å²) in [5.74, 6) is 0.157. The SMILES string of the molecule is CCN(CC)c1nc2c(s1)C[C@]1(C)[C@H]3C(=O)C=C4[C@@H]5C[C@@](C)(C(=O)O)CC[C@]5(C)CC[C@@]4(C)[C@]3(C)CC[C@H]1C2(C)C. The molecule has 0 amide bonds. The van der Waals surface area contributed by atoms with Crippen molar-refractivity contribution in [3.05, 3.63) is 22.2 Å². The topological polar surface area (TPSA) is 70.5 Å². The van der Waals surface area contributed by atoms with E-state index in [1.54, 1.807) is 0 Å². The zero-order valence-electron chi connectivity index (χ0n) is 26.9. The second-order valence-electron chi connectivity index (χ2n) is 16.4. The Bertz CT molecular complexity index is 1330. The lowest BCUT2D eigenvalue weighted by Gasteiger charge is -2.69. The van der Waals surface area contributed by atoms with Crippen molar-refractivity contribution in [2.75, 3.05) is 18.0 Å². The fourth-order valence-corrected chi connectivity index (χ4v) is 12.8. The smallest absolute Gasteiger partial charge is 0.309 e. The van der Waals surface area contributed by atoms with Crippen LogP contribution in [0.2, 0.25) is 0 Å². The average Bonchev–Trinajstić information content (AvgIpc) is 3.31. The number of carbonyl (C=O) groups excluding carboxylic acids is 1. The molecule has 226 valence electrons. The van der Waals surface area contributed by atoms with Crippen LogP contribution >= 0.6 is 11.3 Å². The third-order valence-electron chi connectivity index (χ3n) is 14.1. The zero-order chi connectivity index (χ0) is 30.0. The molecule has 3 saturated carbocycles. The predicted molar refractivity (Wildman–Crippen MR) is 166 cm³/mol. The first-order valence-corrected chi connectivity index (χ1v) is 17.1. The molecule has 1 aromatic heterocycles. The highest BCUT2D eigenvalue weighted by Gasteiger charge is 2.70. The molecule has 6 heteroatoms. The Kier molecular flexibility index (Phi) is 6.39. The van der Waals surface area contributed by atoms with Crippen molar-refractivity contribution < 1.29 is 14.7 Å². The lowest BCUT2D eigenvalue weighted by atomic mass is 9.34. The van der Waals surface area contributed by atoms with Crippen molar-refractivity contribution >= 4 is 28.2 Å². The maximum Gasteiger partial charge on any atom is 0.309 e. The predicted octanol–water partition coefficient (Wildman–Crippen LogP) is 8.07. The molecule has 5 aliphatic carbocycles. The highest BCUT2D eigenvalue weighted by atomic mass is 32.1. The van der Waals surface area contributed by atoms with E-state index in [0.29, 0.717) is 18.1 Å². The van der Waals surface area contributed by atoms with Gasteiger partial charge >= 0.3 is 5.97 Å². The lowest BCUT2D eigenvalue weighted by Crippen LogP contribution is -2.66. The largest absolute Gasteiger partial charge is 0.481 e. The van der Waals surface area contributed by atoms with Gasteiger partial charge in [-0.25, -0.2) is 4.98 Å². The van der Waals surface area contributed by atoms with Crippen LogP contribution in [-0.4, -0.2) is 34.9 Å². The van der Waals surface area contributed by atoms with Crippen molar-refractivity contribution in [1.82, 2.24) is 4.98 Å². The molecule has 1 heterocycles. The summed E-state index contributed by atoms with van der Waals surface area (Å²) in [6.07, 6.45) is 9.69. The molecule has 8 atom stereocenters. The van der Waals surface area contributed by atoms with Crippen molar-refractivity contribution in [2.45, 2.75) is 119 Å². The molecule has 0 bridgehead atoms. The van der Waals surface area contributed by atoms with Gasteiger partial charge in [-0.2, -0.15) is 0 Å². The summed E-state index contributed by atoms with van der Waals surface area (Å²) in [7, 11) is 0. The van der Waals surface area contributed by atoms with E-state index in [1.165, 1.54) is 16.1 Å². The molecule has 0 spiro atoms. The molecular weight excluding hydrogens is 528 g/mol. The molecule has 0 aromatic carbocycles. The number of anilines is 1. The van der Waals surface area contributed by atoms with E-state index < -0.39 is 11.4 Å². The van der Waals surface area contributed by atoms with Crippen LogP contribution in [0.5, 0.6) is 0 Å². The molecule has 5 aliphatic rings. The van der Waals surface area contributed by atoms with E-state index in [2.05, 4.69) is 66.4 Å². The number of carboxylic acids is 1. The number of hydrogen-bond donors (Lipinski definition) is 1. The van der Waals surface area contributed by atoms with Gasteiger partial charge in [0.25, 0.3) is 0 Å². The normalized spacial score (nSPS) is 44.5. The van der Waals surface area contributed by atoms with Crippen LogP contribution in [0.4, 0.5) is 5.13 Å². The number of ketones is 1. The third kappa shape index (κ3) is 3.67. The van der Waals surface area contributed by atoms with E-state index in [9.17, 15) is 14.7 Å². The standard InChI is InChI=1S/C35H52N2O3S/c1-10-37(11-2)29-36-27-24(41-29)20-33(7)25(30(27,3)4)12-13-35(9)26(33)23(38)18-21-22-19-32(6,28(39)40)15-14-31(22,5)16-17-34(21,35)8/h18,22,25-26H,10-17,19-20H2,1-9H3,(H,39,40)/t22-,25-,26+,31+,32-,33-,34+,35+/m0/s1. The van der Waals surface area contributed by atoms with Crippen molar-refractivity contribution in [3.8, 4) is 0 Å². The van der Waals surface area contributed by atoms with Crippen LogP contribution in [0.15, 0.2) is 11.6 Å². The Morgan fingerprint density at radius 1 is 1.02 bits per heavy atom. The number of nitrogens with zero attached hydrogens (tertiary/aromatic N) is 2. The van der Waals surface area contributed by atoms with Crippen LogP contribution < -0.4 is 4.90 Å². The van der Waals surface area contributed by atoms with Gasteiger partial charge in [-0.1, -0.05) is 47.1 Å². The van der Waals surface area contributed by atoms with Crippen LogP contribution in [0.1, 0.15) is 118 Å². The number of fused-ring (bicyclic) bond motifs is 8. The summed E-state index contributed by atoms with van der Waals surface area (Å²) in [5, 5.41) is 11.3. The van der Waals surface area contributed by atoms with E-state index in [1.807, 2.05) is 18.3 Å². The molecule has 1 N–H and O–H groups in total. The van der Waals surface area contributed by atoms with Crippen molar-refractivity contribution in [1.29, 1.82) is 0 Å². The zero-order valence-corrected chi connectivity index (χ0v) is 27.8. The van der Waals surface area contributed by atoms with Gasteiger partial charge in [0.2, 0.25) is 0 Å². The van der Waals surface area contributed by atoms with Crippen molar-refractivity contribution in [2.24, 2.45) is 44.8 Å². The number of aliphatic carboxylic acids is 1. The van der Waals surface area contributed by atoms with Gasteiger partial charge in [-0.3, -0.25) is 9.59 Å². The summed E-state index contributed by atoms with van der Waals surface area (Å²) in [4.78, 5) is 36.1. The molecular formula is C35H52N2O3S. The van der Waals surface area contributed by atoms with E-state index >= 15 is 0 Å². The maximum absolute atomic E-state index is 14.7. The number of rotatable bonds is 4. The van der Waals surface area contributed by atoms with Gasteiger partial charge < -0.3 is 10.0 Å². The summed E-state index contributed by atoms with van der Waals surface area (Å²) in [6, 6.07) is 0. The van der Waals surface area contributed by atoms with Crippen LogP contribution in [0.3, 0.4) is 0 Å². The van der Waals surface area contributed by atoms with Gasteiger partial charge in [0, 0.05) is 29.3 Å². The molecule has 41 heavy (non-hydrogen) atoms. The van der Waals surface area contributed by atoms with Crippen LogP contribution in [-0.2, 0) is 21.4 Å². The highest BCUT2D eigenvalue weighted by molar-refractivity contribution is 7.15. The third-order valence-corrected chi connectivity index (χ3v) is 15.2. The van der Waals surface area contributed by atoms with Gasteiger partial charge in [-0.15, -0.1) is 11.3 Å². The van der Waals surface area contributed by atoms with Crippen LogP contribution in [0.25, 0.3) is 0 Å². The average molecular weight is 581 g/mol. The fraction of sp³-hybridized carbons (Fsp3) is 0.800. The summed E-state index contributed by atoms with van der Waals surface area (Å²) < 4.78 is 0. The molecule has 0 saturated heterocycles. The minimum absolute atomic E-state index is 0.0345. The molecule has 6 rings (SSSR count). The van der Waals surface area contributed by atoms with Crippen LogP contribution in [0, 0.1) is 44.8 Å². The second-order valence-corrected chi connectivity index (χ2v) is 17.5. The fourth-order valence-electron chi connectivity index (χ4n) is 11.3. The van der Waals surface area contributed by atoms with E-state index in [4.69, 9.17) is 4.98 Å². The Morgan fingerprint density at radius 3 is 2.32 bits per heavy atom. The Hall–Kier alpha value is -1.69. The van der Waals surface area contributed by atoms with Gasteiger partial charge in [0.1, 0.15) is 0 Å². The monoisotopic (exact) mass is 580 g/mol. The molecule has 0 unspecified atom stereocenters. The molecule has 5 nitrogen and oxygen atoms in total. The van der Waals surface area contributed by atoms with Gasteiger partial charge in [0.15, 0.2) is 10.9 Å². The number of aromatic nitrogens is 1. The Morgan fingerprint density at radius 2 is 1.68 bits per heavy atom. The summed E-state index contributed by atoms with van der Waals surface area (Å²) >= 11 is 1.86. The number of allylic oxidation sites excluding steroid dienone is 2. The first-order chi connectivity index (χ1) is 19.0. The maximum atomic E-state index is 14.7. The minimum Gasteiger partial charge on any atom is -0.481 e. The molecule has 0 aliphatic heterocycles. The molecule has 0 radical (unpaired) electrons. The van der Waals surface area contributed by atoms with Crippen molar-refractivity contribution in [3.63, 3.8) is 0 Å². The van der Waals surface area contributed by atoms with E-state index in [-0.39, 0.29) is 38.9 Å². The number of carbonyl (C=O) groups is 2. The summed E-state index contributed by atoms with van der Waals surface area (Å²) in [5.41, 5.74) is 1.47. The first-order valence-electron chi connectivity index (χ1n) is 16.3. The minimum atomic E-state index is -0.716. The number of thiazole rings is 1. The number of carboxylic acid groups (broad SMARTS) is 1. The number of hydrogen-bond acceptors (Lipinski definition) is 5. The lowest BCUT2D eigenvalue weighted by molar-refractivity contribution is -0.173. The second kappa shape index (κ2) is 8.92. The molecule has 3 fully saturated rings. The van der Waals surface area contributed by atoms with Gasteiger partial charge in [0.05, 0.1) is 11.1 Å². The van der Waals surface area contributed by atoms with E-state index in [0.717, 1.165) is 63.2 Å². The molecule has 1 aromatic rings. The highest BCUT2D eigenvalue weighted by Crippen LogP contribution is 2.75. The van der Waals surface area contributed by atoms with Gasteiger partial charge in [-0.05, 0) is 112 Å². The summed E-state index contributed by atoms with van der Waals surface area (Å²) in [6.45, 7) is 22.7. The quantitative estimate of drug-likeness (QED) is 0.390.